The molecule has 0 saturated heterocycles. The zero-order valence-corrected chi connectivity index (χ0v) is 14.7. The normalized spacial score (nSPS) is 10.5. The van der Waals surface area contributed by atoms with Crippen molar-refractivity contribution >= 4 is 11.6 Å². The highest BCUT2D eigenvalue weighted by Gasteiger charge is 2.06. The average molecular weight is 326 g/mol. The molecule has 0 atom stereocenters. The lowest BCUT2D eigenvalue weighted by atomic mass is 10.1. The first-order valence-electron chi connectivity index (χ1n) is 8.30. The molecule has 4 heteroatoms. The molecule has 0 aromatic heterocycles. The van der Waals surface area contributed by atoms with Crippen LogP contribution in [0.3, 0.4) is 0 Å². The molecule has 0 saturated carbocycles. The van der Waals surface area contributed by atoms with E-state index in [-0.39, 0.29) is 5.91 Å². The van der Waals surface area contributed by atoms with Crippen LogP contribution in [-0.2, 0) is 11.2 Å². The maximum Gasteiger partial charge on any atom is 0.225 e. The highest BCUT2D eigenvalue weighted by Crippen LogP contribution is 2.18. The fourth-order valence-electron chi connectivity index (χ4n) is 2.56. The largest absolute Gasteiger partial charge is 0.496 e. The van der Waals surface area contributed by atoms with Crippen molar-refractivity contribution in [1.29, 1.82) is 0 Å². The van der Waals surface area contributed by atoms with E-state index in [1.54, 1.807) is 7.11 Å². The second-order valence-electron chi connectivity index (χ2n) is 5.86. The molecule has 0 fully saturated rings. The smallest absolute Gasteiger partial charge is 0.225 e. The Morgan fingerprint density at radius 1 is 1.04 bits per heavy atom. The van der Waals surface area contributed by atoms with Crippen molar-refractivity contribution in [3.63, 3.8) is 0 Å². The van der Waals surface area contributed by atoms with Gasteiger partial charge in [0.05, 0.1) is 7.11 Å². The molecule has 0 aliphatic heterocycles. The van der Waals surface area contributed by atoms with E-state index in [9.17, 15) is 4.79 Å². The molecule has 0 aliphatic carbocycles. The summed E-state index contributed by atoms with van der Waals surface area (Å²) >= 11 is 0. The van der Waals surface area contributed by atoms with Gasteiger partial charge in [-0.05, 0) is 55.6 Å². The van der Waals surface area contributed by atoms with Gasteiger partial charge in [0.1, 0.15) is 5.75 Å². The van der Waals surface area contributed by atoms with Gasteiger partial charge in [-0.15, -0.1) is 0 Å². The number of amides is 1. The summed E-state index contributed by atoms with van der Waals surface area (Å²) in [5.41, 5.74) is 4.37. The molecule has 2 N–H and O–H groups in total. The third-order valence-electron chi connectivity index (χ3n) is 4.17. The van der Waals surface area contributed by atoms with E-state index >= 15 is 0 Å². The van der Waals surface area contributed by atoms with Gasteiger partial charge in [0.2, 0.25) is 5.91 Å². The number of aryl methyl sites for hydroxylation is 1. The molecule has 2 aromatic carbocycles. The standard InChI is InChI=1S/C20H26N2O2/c1-15-7-6-9-18(16(15)2)22-20(23)12-14-21-13-11-17-8-4-5-10-19(17)24-3/h4-10,21H,11-14H2,1-3H3,(H,22,23). The van der Waals surface area contributed by atoms with E-state index in [2.05, 4.69) is 16.7 Å². The lowest BCUT2D eigenvalue weighted by Gasteiger charge is -2.11. The number of nitrogens with one attached hydrogen (secondary N) is 2. The molecule has 128 valence electrons. The third-order valence-corrected chi connectivity index (χ3v) is 4.17. The van der Waals surface area contributed by atoms with Crippen LogP contribution in [0, 0.1) is 13.8 Å². The van der Waals surface area contributed by atoms with Crippen molar-refractivity contribution in [2.24, 2.45) is 0 Å². The van der Waals surface area contributed by atoms with Crippen LogP contribution in [0.25, 0.3) is 0 Å². The molecule has 24 heavy (non-hydrogen) atoms. The SMILES string of the molecule is COc1ccccc1CCNCCC(=O)Nc1cccc(C)c1C. The number of rotatable bonds is 8. The maximum atomic E-state index is 12.0. The molecule has 0 heterocycles. The second kappa shape index (κ2) is 9.08. The summed E-state index contributed by atoms with van der Waals surface area (Å²) in [5, 5.41) is 6.29. The van der Waals surface area contributed by atoms with Crippen molar-refractivity contribution in [2.45, 2.75) is 26.7 Å². The molecule has 2 aromatic rings. The monoisotopic (exact) mass is 326 g/mol. The fraction of sp³-hybridized carbons (Fsp3) is 0.350. The predicted octanol–water partition coefficient (Wildman–Crippen LogP) is 3.47. The lowest BCUT2D eigenvalue weighted by Crippen LogP contribution is -2.24. The number of ether oxygens (including phenoxy) is 1. The summed E-state index contributed by atoms with van der Waals surface area (Å²) in [5.74, 6) is 0.945. The first-order chi connectivity index (χ1) is 11.6. The van der Waals surface area contributed by atoms with Gasteiger partial charge in [-0.25, -0.2) is 0 Å². The van der Waals surface area contributed by atoms with Gasteiger partial charge >= 0.3 is 0 Å². The molecule has 0 bridgehead atoms. The second-order valence-corrected chi connectivity index (χ2v) is 5.86. The van der Waals surface area contributed by atoms with Crippen molar-refractivity contribution in [3.05, 3.63) is 59.2 Å². The third kappa shape index (κ3) is 5.10. The number of para-hydroxylation sites is 1. The van der Waals surface area contributed by atoms with Crippen molar-refractivity contribution in [1.82, 2.24) is 5.32 Å². The van der Waals surface area contributed by atoms with Crippen molar-refractivity contribution in [3.8, 4) is 5.75 Å². The summed E-state index contributed by atoms with van der Waals surface area (Å²) in [6.07, 6.45) is 1.34. The van der Waals surface area contributed by atoms with Crippen LogP contribution in [0.5, 0.6) is 5.75 Å². The van der Waals surface area contributed by atoms with E-state index < -0.39 is 0 Å². The number of anilines is 1. The molecular formula is C20H26N2O2. The number of methoxy groups -OCH3 is 1. The summed E-state index contributed by atoms with van der Waals surface area (Å²) in [4.78, 5) is 12.0. The van der Waals surface area contributed by atoms with Crippen LogP contribution < -0.4 is 15.4 Å². The van der Waals surface area contributed by atoms with Crippen molar-refractivity contribution in [2.75, 3.05) is 25.5 Å². The topological polar surface area (TPSA) is 50.4 Å². The molecule has 2 rings (SSSR count). The summed E-state index contributed by atoms with van der Waals surface area (Å²) in [6, 6.07) is 14.0. The van der Waals surface area contributed by atoms with Crippen LogP contribution in [0.15, 0.2) is 42.5 Å². The Hall–Kier alpha value is -2.33. The van der Waals surface area contributed by atoms with Gasteiger partial charge in [-0.2, -0.15) is 0 Å². The van der Waals surface area contributed by atoms with Crippen molar-refractivity contribution < 1.29 is 9.53 Å². The number of hydrogen-bond donors (Lipinski definition) is 2. The first-order valence-corrected chi connectivity index (χ1v) is 8.30. The molecule has 4 nitrogen and oxygen atoms in total. The molecular weight excluding hydrogens is 300 g/mol. The Labute approximate surface area is 144 Å². The highest BCUT2D eigenvalue weighted by molar-refractivity contribution is 5.91. The van der Waals surface area contributed by atoms with Crippen LogP contribution in [0.2, 0.25) is 0 Å². The molecule has 0 unspecified atom stereocenters. The lowest BCUT2D eigenvalue weighted by molar-refractivity contribution is -0.116. The van der Waals surface area contributed by atoms with E-state index in [0.717, 1.165) is 30.0 Å². The quantitative estimate of drug-likeness (QED) is 0.730. The maximum absolute atomic E-state index is 12.0. The summed E-state index contributed by atoms with van der Waals surface area (Å²) in [6.45, 7) is 5.55. The first kappa shape index (κ1) is 18.0. The van der Waals surface area contributed by atoms with Gasteiger partial charge in [0.15, 0.2) is 0 Å². The van der Waals surface area contributed by atoms with Gasteiger partial charge in [0, 0.05) is 18.7 Å². The van der Waals surface area contributed by atoms with Gasteiger partial charge in [-0.1, -0.05) is 30.3 Å². The molecule has 1 amide bonds. The molecule has 0 radical (unpaired) electrons. The minimum absolute atomic E-state index is 0.0356. The predicted molar refractivity (Wildman–Crippen MR) is 98.7 cm³/mol. The fourth-order valence-corrected chi connectivity index (χ4v) is 2.56. The number of hydrogen-bond acceptors (Lipinski definition) is 3. The van der Waals surface area contributed by atoms with Crippen LogP contribution in [-0.4, -0.2) is 26.1 Å². The summed E-state index contributed by atoms with van der Waals surface area (Å²) < 4.78 is 5.34. The minimum atomic E-state index is 0.0356. The van der Waals surface area contributed by atoms with E-state index in [0.29, 0.717) is 13.0 Å². The molecule has 0 aliphatic rings. The number of benzene rings is 2. The number of carbonyl (C=O) groups excluding carboxylic acids is 1. The van der Waals surface area contributed by atoms with Crippen LogP contribution >= 0.6 is 0 Å². The molecule has 0 spiro atoms. The van der Waals surface area contributed by atoms with Crippen LogP contribution in [0.1, 0.15) is 23.1 Å². The minimum Gasteiger partial charge on any atom is -0.496 e. The highest BCUT2D eigenvalue weighted by atomic mass is 16.5. The van der Waals surface area contributed by atoms with Gasteiger partial charge < -0.3 is 15.4 Å². The van der Waals surface area contributed by atoms with Gasteiger partial charge in [0.25, 0.3) is 0 Å². The van der Waals surface area contributed by atoms with E-state index in [1.165, 1.54) is 11.1 Å². The van der Waals surface area contributed by atoms with Gasteiger partial charge in [-0.3, -0.25) is 4.79 Å². The van der Waals surface area contributed by atoms with Crippen LogP contribution in [0.4, 0.5) is 5.69 Å². The average Bonchev–Trinajstić information content (AvgIpc) is 2.59. The Morgan fingerprint density at radius 3 is 2.62 bits per heavy atom. The Balaban J connectivity index is 1.70. The zero-order chi connectivity index (χ0) is 17.4. The summed E-state index contributed by atoms with van der Waals surface area (Å²) in [7, 11) is 1.68. The number of carbonyl (C=O) groups is 1. The van der Waals surface area contributed by atoms with E-state index in [4.69, 9.17) is 4.74 Å². The zero-order valence-electron chi connectivity index (χ0n) is 14.7. The van der Waals surface area contributed by atoms with E-state index in [1.807, 2.05) is 50.2 Å². The Morgan fingerprint density at radius 2 is 1.83 bits per heavy atom. The Kier molecular flexibility index (Phi) is 6.82. The Bertz CT molecular complexity index is 683.